The number of hydrogen-bond acceptors (Lipinski definition) is 4. The Morgan fingerprint density at radius 2 is 1.69 bits per heavy atom. The van der Waals surface area contributed by atoms with Gasteiger partial charge in [-0.15, -0.1) is 0 Å². The van der Waals surface area contributed by atoms with E-state index in [0.29, 0.717) is 17.3 Å². The van der Waals surface area contributed by atoms with E-state index in [1.807, 2.05) is 4.90 Å². The highest BCUT2D eigenvalue weighted by molar-refractivity contribution is 6.30. The van der Waals surface area contributed by atoms with Crippen LogP contribution >= 0.6 is 11.6 Å². The van der Waals surface area contributed by atoms with Gasteiger partial charge in [0, 0.05) is 44.7 Å². The van der Waals surface area contributed by atoms with Crippen molar-refractivity contribution in [3.63, 3.8) is 0 Å². The summed E-state index contributed by atoms with van der Waals surface area (Å²) in [6.07, 6.45) is 4.40. The van der Waals surface area contributed by atoms with E-state index in [2.05, 4.69) is 10.2 Å². The number of imide groups is 1. The molecule has 0 unspecified atom stereocenters. The monoisotopic (exact) mass is 418 g/mol. The molecule has 2 saturated heterocycles. The minimum absolute atomic E-state index is 0.141. The van der Waals surface area contributed by atoms with Gasteiger partial charge < -0.3 is 10.2 Å². The average Bonchev–Trinajstić information content (AvgIpc) is 2.97. The van der Waals surface area contributed by atoms with Crippen molar-refractivity contribution < 1.29 is 14.4 Å². The fourth-order valence-electron chi connectivity index (χ4n) is 3.57. The number of nitrogens with one attached hydrogen (secondary N) is 1. The van der Waals surface area contributed by atoms with Gasteiger partial charge in [-0.25, -0.2) is 4.79 Å². The summed E-state index contributed by atoms with van der Waals surface area (Å²) in [4.78, 5) is 41.5. The molecular weight excluding hydrogens is 392 g/mol. The van der Waals surface area contributed by atoms with Crippen molar-refractivity contribution in [1.82, 2.24) is 20.0 Å². The van der Waals surface area contributed by atoms with E-state index in [-0.39, 0.29) is 17.8 Å². The molecule has 8 heteroatoms. The summed E-state index contributed by atoms with van der Waals surface area (Å²) < 4.78 is 0. The standard InChI is InChI=1S/C21H27ClN4O3/c1-16(27)25-13-11-24(12-14-25)9-3-2-4-10-26-20(28)19(23-21(26)29)15-17-5-7-18(22)8-6-17/h5-8,15H,2-4,9-14H2,1H3,(H,23,29)/b19-15+. The third kappa shape index (κ3) is 5.81. The lowest BCUT2D eigenvalue weighted by molar-refractivity contribution is -0.130. The van der Waals surface area contributed by atoms with Crippen molar-refractivity contribution in [2.75, 3.05) is 39.3 Å². The molecule has 0 atom stereocenters. The normalized spacial score (nSPS) is 19.2. The van der Waals surface area contributed by atoms with Crippen LogP contribution in [0.1, 0.15) is 31.7 Å². The number of carbonyl (C=O) groups is 3. The molecule has 0 radical (unpaired) electrons. The number of halogens is 1. The van der Waals surface area contributed by atoms with Crippen LogP contribution in [0, 0.1) is 0 Å². The van der Waals surface area contributed by atoms with Gasteiger partial charge in [0.05, 0.1) is 0 Å². The molecule has 3 rings (SSSR count). The maximum absolute atomic E-state index is 12.5. The van der Waals surface area contributed by atoms with E-state index in [1.54, 1.807) is 37.3 Å². The van der Waals surface area contributed by atoms with E-state index in [9.17, 15) is 14.4 Å². The predicted molar refractivity (Wildman–Crippen MR) is 112 cm³/mol. The Bertz CT molecular complexity index is 786. The van der Waals surface area contributed by atoms with Crippen LogP contribution in [0.4, 0.5) is 4.79 Å². The Labute approximate surface area is 176 Å². The van der Waals surface area contributed by atoms with Crippen molar-refractivity contribution in [2.45, 2.75) is 26.2 Å². The highest BCUT2D eigenvalue weighted by Crippen LogP contribution is 2.17. The number of benzene rings is 1. The maximum atomic E-state index is 12.5. The van der Waals surface area contributed by atoms with Crippen LogP contribution in [0.3, 0.4) is 0 Å². The average molecular weight is 419 g/mol. The van der Waals surface area contributed by atoms with Gasteiger partial charge in [-0.05, 0) is 43.2 Å². The summed E-state index contributed by atoms with van der Waals surface area (Å²) in [6, 6.07) is 6.72. The number of amides is 4. The van der Waals surface area contributed by atoms with Crippen molar-refractivity contribution >= 4 is 35.5 Å². The topological polar surface area (TPSA) is 73.0 Å². The molecule has 2 aliphatic rings. The first-order valence-electron chi connectivity index (χ1n) is 10.0. The highest BCUT2D eigenvalue weighted by atomic mass is 35.5. The largest absolute Gasteiger partial charge is 0.340 e. The van der Waals surface area contributed by atoms with Crippen LogP contribution < -0.4 is 5.32 Å². The number of piperazine rings is 1. The predicted octanol–water partition coefficient (Wildman–Crippen LogP) is 2.57. The van der Waals surface area contributed by atoms with Crippen molar-refractivity contribution in [2.24, 2.45) is 0 Å². The van der Waals surface area contributed by atoms with Gasteiger partial charge in [-0.2, -0.15) is 0 Å². The molecule has 0 aromatic heterocycles. The van der Waals surface area contributed by atoms with Crippen LogP contribution in [0.15, 0.2) is 30.0 Å². The van der Waals surface area contributed by atoms with E-state index in [0.717, 1.165) is 57.5 Å². The molecule has 1 N–H and O–H groups in total. The second kappa shape index (κ2) is 9.89. The van der Waals surface area contributed by atoms with Gasteiger partial charge in [0.2, 0.25) is 5.91 Å². The molecular formula is C21H27ClN4O3. The maximum Gasteiger partial charge on any atom is 0.329 e. The van der Waals surface area contributed by atoms with Crippen LogP contribution in [0.25, 0.3) is 6.08 Å². The molecule has 0 saturated carbocycles. The summed E-state index contributed by atoms with van der Waals surface area (Å²) in [6.45, 7) is 6.41. The van der Waals surface area contributed by atoms with E-state index < -0.39 is 0 Å². The molecule has 4 amide bonds. The molecule has 0 aliphatic carbocycles. The van der Waals surface area contributed by atoms with E-state index >= 15 is 0 Å². The van der Waals surface area contributed by atoms with E-state index in [1.165, 1.54) is 4.90 Å². The van der Waals surface area contributed by atoms with Crippen molar-refractivity contribution in [1.29, 1.82) is 0 Å². The Hall–Kier alpha value is -2.38. The Kier molecular flexibility index (Phi) is 7.28. The molecule has 7 nitrogen and oxygen atoms in total. The van der Waals surface area contributed by atoms with Crippen LogP contribution in [-0.2, 0) is 9.59 Å². The fraction of sp³-hybridized carbons (Fsp3) is 0.476. The molecule has 1 aromatic rings. The number of urea groups is 1. The molecule has 1 aromatic carbocycles. The van der Waals surface area contributed by atoms with Gasteiger partial charge in [0.25, 0.3) is 5.91 Å². The van der Waals surface area contributed by atoms with Gasteiger partial charge in [-0.3, -0.25) is 19.4 Å². The summed E-state index contributed by atoms with van der Waals surface area (Å²) in [7, 11) is 0. The van der Waals surface area contributed by atoms with Crippen LogP contribution in [0.2, 0.25) is 5.02 Å². The van der Waals surface area contributed by atoms with Crippen LogP contribution in [0.5, 0.6) is 0 Å². The Balaban J connectivity index is 1.38. The molecule has 2 heterocycles. The lowest BCUT2D eigenvalue weighted by Crippen LogP contribution is -2.48. The zero-order valence-electron chi connectivity index (χ0n) is 16.7. The van der Waals surface area contributed by atoms with E-state index in [4.69, 9.17) is 11.6 Å². The molecule has 29 heavy (non-hydrogen) atoms. The summed E-state index contributed by atoms with van der Waals surface area (Å²) in [5.74, 6) is -0.145. The minimum Gasteiger partial charge on any atom is -0.340 e. The third-order valence-corrected chi connectivity index (χ3v) is 5.57. The second-order valence-electron chi connectivity index (χ2n) is 7.40. The fourth-order valence-corrected chi connectivity index (χ4v) is 3.69. The van der Waals surface area contributed by atoms with Crippen LogP contribution in [-0.4, -0.2) is 71.8 Å². The first kappa shape index (κ1) is 21.3. The quantitative estimate of drug-likeness (QED) is 0.419. The van der Waals surface area contributed by atoms with Gasteiger partial charge >= 0.3 is 6.03 Å². The summed E-state index contributed by atoms with van der Waals surface area (Å²) >= 11 is 5.87. The number of carbonyl (C=O) groups excluding carboxylic acids is 3. The second-order valence-corrected chi connectivity index (χ2v) is 7.84. The molecule has 0 bridgehead atoms. The van der Waals surface area contributed by atoms with Gasteiger partial charge in [-0.1, -0.05) is 30.2 Å². The summed E-state index contributed by atoms with van der Waals surface area (Å²) in [5.41, 5.74) is 1.10. The molecule has 156 valence electrons. The summed E-state index contributed by atoms with van der Waals surface area (Å²) in [5, 5.41) is 3.27. The zero-order valence-corrected chi connectivity index (χ0v) is 17.5. The highest BCUT2D eigenvalue weighted by Gasteiger charge is 2.32. The Morgan fingerprint density at radius 3 is 2.34 bits per heavy atom. The van der Waals surface area contributed by atoms with Gasteiger partial charge in [0.1, 0.15) is 5.70 Å². The number of nitrogens with zero attached hydrogens (tertiary/aromatic N) is 3. The lowest BCUT2D eigenvalue weighted by atomic mass is 10.2. The molecule has 2 fully saturated rings. The number of hydrogen-bond donors (Lipinski definition) is 1. The zero-order chi connectivity index (χ0) is 20.8. The third-order valence-electron chi connectivity index (χ3n) is 5.32. The smallest absolute Gasteiger partial charge is 0.329 e. The first-order valence-corrected chi connectivity index (χ1v) is 10.4. The molecule has 2 aliphatic heterocycles. The molecule has 0 spiro atoms. The number of rotatable bonds is 7. The first-order chi connectivity index (χ1) is 13.9. The van der Waals surface area contributed by atoms with Gasteiger partial charge in [0.15, 0.2) is 0 Å². The lowest BCUT2D eigenvalue weighted by Gasteiger charge is -2.34. The Morgan fingerprint density at radius 1 is 1.03 bits per heavy atom. The number of unbranched alkanes of at least 4 members (excludes halogenated alkanes) is 2. The minimum atomic E-state index is -0.365. The SMILES string of the molecule is CC(=O)N1CCN(CCCCCN2C(=O)N/C(=C/c3ccc(Cl)cc3)C2=O)CC1. The van der Waals surface area contributed by atoms with Crippen molar-refractivity contribution in [3.05, 3.63) is 40.5 Å². The van der Waals surface area contributed by atoms with Crippen molar-refractivity contribution in [3.8, 4) is 0 Å².